The van der Waals surface area contributed by atoms with Crippen LogP contribution in [0.15, 0.2) is 42.5 Å². The van der Waals surface area contributed by atoms with E-state index in [0.29, 0.717) is 32.2 Å². The number of hydrogen-bond donors (Lipinski definition) is 1. The minimum Gasteiger partial charge on any atom is -0.481 e. The number of aliphatic carboxylic acids is 1. The van der Waals surface area contributed by atoms with Gasteiger partial charge in [-0.15, -0.1) is 0 Å². The van der Waals surface area contributed by atoms with Crippen molar-refractivity contribution in [3.8, 4) is 0 Å². The molecule has 1 aromatic carbocycles. The van der Waals surface area contributed by atoms with Crippen molar-refractivity contribution in [2.24, 2.45) is 0 Å². The molecule has 5 nitrogen and oxygen atoms in total. The maximum absolute atomic E-state index is 12.4. The second-order valence-corrected chi connectivity index (χ2v) is 6.74. The molecular weight excluding hydrogens is 330 g/mol. The number of likely N-dealkylation sites (tertiary alicyclic amines) is 1. The summed E-state index contributed by atoms with van der Waals surface area (Å²) in [6, 6.07) is 9.52. The number of carbonyl (C=O) groups is 3. The monoisotopic (exact) mass is 357 g/mol. The van der Waals surface area contributed by atoms with Gasteiger partial charge in [0, 0.05) is 25.8 Å². The van der Waals surface area contributed by atoms with Crippen LogP contribution >= 0.6 is 0 Å². The van der Waals surface area contributed by atoms with E-state index in [0.717, 1.165) is 24.8 Å². The first-order chi connectivity index (χ1) is 12.6. The van der Waals surface area contributed by atoms with E-state index in [2.05, 4.69) is 0 Å². The second kappa shape index (κ2) is 10.5. The minimum atomic E-state index is -0.810. The molecule has 0 saturated carbocycles. The van der Waals surface area contributed by atoms with Gasteiger partial charge in [-0.3, -0.25) is 14.4 Å². The smallest absolute Gasteiger partial charge is 0.303 e. The number of hydrogen-bond acceptors (Lipinski definition) is 3. The Balaban J connectivity index is 1.94. The maximum Gasteiger partial charge on any atom is 0.303 e. The van der Waals surface area contributed by atoms with Crippen LogP contribution in [0.4, 0.5) is 0 Å². The van der Waals surface area contributed by atoms with Crippen molar-refractivity contribution >= 4 is 17.7 Å². The molecule has 1 aliphatic rings. The number of rotatable bonds is 9. The highest BCUT2D eigenvalue weighted by molar-refractivity contribution is 5.91. The van der Waals surface area contributed by atoms with Gasteiger partial charge in [0.05, 0.1) is 6.04 Å². The molecule has 0 bridgehead atoms. The zero-order valence-electron chi connectivity index (χ0n) is 15.1. The number of ketones is 1. The van der Waals surface area contributed by atoms with Crippen molar-refractivity contribution in [3.05, 3.63) is 48.0 Å². The Labute approximate surface area is 154 Å². The average Bonchev–Trinajstić information content (AvgIpc) is 2.79. The van der Waals surface area contributed by atoms with Gasteiger partial charge in [0.25, 0.3) is 0 Å². The van der Waals surface area contributed by atoms with Gasteiger partial charge in [-0.1, -0.05) is 42.8 Å². The van der Waals surface area contributed by atoms with Crippen molar-refractivity contribution in [3.63, 3.8) is 0 Å². The molecular formula is C21H27NO4. The Morgan fingerprint density at radius 2 is 1.92 bits per heavy atom. The number of amides is 1. The highest BCUT2D eigenvalue weighted by Gasteiger charge is 2.24. The summed E-state index contributed by atoms with van der Waals surface area (Å²) in [6.07, 6.45) is 8.36. The van der Waals surface area contributed by atoms with Gasteiger partial charge in [0.1, 0.15) is 0 Å². The molecule has 1 atom stereocenters. The Hall–Kier alpha value is -2.43. The van der Waals surface area contributed by atoms with E-state index < -0.39 is 5.97 Å². The van der Waals surface area contributed by atoms with Gasteiger partial charge < -0.3 is 10.0 Å². The summed E-state index contributed by atoms with van der Waals surface area (Å²) in [5.74, 6) is -0.683. The summed E-state index contributed by atoms with van der Waals surface area (Å²) in [5.41, 5.74) is 0.976. The Bertz CT molecular complexity index is 639. The lowest BCUT2D eigenvalue weighted by Crippen LogP contribution is -2.38. The van der Waals surface area contributed by atoms with Crippen molar-refractivity contribution in [1.82, 2.24) is 4.90 Å². The van der Waals surface area contributed by atoms with E-state index in [4.69, 9.17) is 5.11 Å². The SMILES string of the molecule is O=C(O)CCCCN1C(=O)CCCCC1C=CC(=O)Cc1ccccc1. The van der Waals surface area contributed by atoms with E-state index in [1.54, 1.807) is 6.08 Å². The topological polar surface area (TPSA) is 74.7 Å². The molecule has 1 saturated heterocycles. The lowest BCUT2D eigenvalue weighted by molar-refractivity contribution is -0.137. The van der Waals surface area contributed by atoms with Crippen molar-refractivity contribution < 1.29 is 19.5 Å². The highest BCUT2D eigenvalue weighted by Crippen LogP contribution is 2.20. The molecule has 26 heavy (non-hydrogen) atoms. The van der Waals surface area contributed by atoms with Crippen LogP contribution in [0.3, 0.4) is 0 Å². The van der Waals surface area contributed by atoms with E-state index in [1.807, 2.05) is 41.3 Å². The molecule has 1 unspecified atom stereocenters. The first-order valence-electron chi connectivity index (χ1n) is 9.32. The molecule has 5 heteroatoms. The van der Waals surface area contributed by atoms with Gasteiger partial charge in [0.2, 0.25) is 5.91 Å². The molecule has 1 fully saturated rings. The fourth-order valence-corrected chi connectivity index (χ4v) is 3.24. The van der Waals surface area contributed by atoms with Crippen molar-refractivity contribution in [2.45, 2.75) is 57.4 Å². The fourth-order valence-electron chi connectivity index (χ4n) is 3.24. The molecule has 0 aromatic heterocycles. The lowest BCUT2D eigenvalue weighted by Gasteiger charge is -2.28. The third-order valence-electron chi connectivity index (χ3n) is 4.63. The fraction of sp³-hybridized carbons (Fsp3) is 0.476. The van der Waals surface area contributed by atoms with E-state index in [1.165, 1.54) is 0 Å². The Morgan fingerprint density at radius 1 is 1.15 bits per heavy atom. The van der Waals surface area contributed by atoms with Crippen LogP contribution < -0.4 is 0 Å². The Morgan fingerprint density at radius 3 is 2.65 bits per heavy atom. The average molecular weight is 357 g/mol. The van der Waals surface area contributed by atoms with Crippen LogP contribution in [0, 0.1) is 0 Å². The molecule has 1 N–H and O–H groups in total. The second-order valence-electron chi connectivity index (χ2n) is 6.74. The molecule has 0 radical (unpaired) electrons. The number of carboxylic acid groups (broad SMARTS) is 1. The van der Waals surface area contributed by atoms with Crippen LogP contribution in [0.1, 0.15) is 50.5 Å². The summed E-state index contributed by atoms with van der Waals surface area (Å²) >= 11 is 0. The summed E-state index contributed by atoms with van der Waals surface area (Å²) < 4.78 is 0. The van der Waals surface area contributed by atoms with Crippen LogP contribution in [0.5, 0.6) is 0 Å². The number of carboxylic acids is 1. The van der Waals surface area contributed by atoms with Gasteiger partial charge >= 0.3 is 5.97 Å². The third-order valence-corrected chi connectivity index (χ3v) is 4.63. The largest absolute Gasteiger partial charge is 0.481 e. The van der Waals surface area contributed by atoms with Crippen LogP contribution in [0.2, 0.25) is 0 Å². The number of nitrogens with zero attached hydrogens (tertiary/aromatic N) is 1. The van der Waals surface area contributed by atoms with Crippen molar-refractivity contribution in [2.75, 3.05) is 6.54 Å². The first kappa shape index (κ1) is 19.9. The number of benzene rings is 1. The van der Waals surface area contributed by atoms with Crippen LogP contribution in [-0.4, -0.2) is 40.3 Å². The van der Waals surface area contributed by atoms with Gasteiger partial charge in [-0.2, -0.15) is 0 Å². The predicted octanol–water partition coefficient (Wildman–Crippen LogP) is 3.38. The van der Waals surface area contributed by atoms with E-state index >= 15 is 0 Å². The quantitative estimate of drug-likeness (QED) is 0.543. The molecule has 1 amide bonds. The molecule has 0 aliphatic carbocycles. The van der Waals surface area contributed by atoms with Crippen LogP contribution in [0.25, 0.3) is 0 Å². The highest BCUT2D eigenvalue weighted by atomic mass is 16.4. The lowest BCUT2D eigenvalue weighted by atomic mass is 10.1. The maximum atomic E-state index is 12.4. The third kappa shape index (κ3) is 6.82. The Kier molecular flexibility index (Phi) is 8.06. The van der Waals surface area contributed by atoms with Gasteiger partial charge in [-0.25, -0.2) is 0 Å². The molecule has 1 aromatic rings. The van der Waals surface area contributed by atoms with Gasteiger partial charge in [0.15, 0.2) is 5.78 Å². The van der Waals surface area contributed by atoms with Gasteiger partial charge in [-0.05, 0) is 37.3 Å². The van der Waals surface area contributed by atoms with E-state index in [-0.39, 0.29) is 24.2 Å². The van der Waals surface area contributed by atoms with E-state index in [9.17, 15) is 14.4 Å². The molecule has 1 heterocycles. The number of unbranched alkanes of at least 4 members (excludes halogenated alkanes) is 1. The summed E-state index contributed by atoms with van der Waals surface area (Å²) in [5, 5.41) is 8.74. The standard InChI is InChI=1S/C21H27NO4/c23-19(16-17-8-2-1-3-9-17)14-13-18-10-4-5-11-20(24)22(18)15-7-6-12-21(25)26/h1-3,8-9,13-14,18H,4-7,10-12,15-16H2,(H,25,26). The number of allylic oxidation sites excluding steroid dienone is 1. The summed E-state index contributed by atoms with van der Waals surface area (Å²) in [6.45, 7) is 0.550. The molecule has 140 valence electrons. The molecule has 2 rings (SSSR count). The normalized spacial score (nSPS) is 18.1. The molecule has 0 spiro atoms. The van der Waals surface area contributed by atoms with Crippen LogP contribution in [-0.2, 0) is 20.8 Å². The zero-order valence-corrected chi connectivity index (χ0v) is 15.1. The number of carbonyl (C=O) groups excluding carboxylic acids is 2. The van der Waals surface area contributed by atoms with Crippen molar-refractivity contribution in [1.29, 1.82) is 0 Å². The zero-order chi connectivity index (χ0) is 18.8. The predicted molar refractivity (Wildman–Crippen MR) is 99.7 cm³/mol. The minimum absolute atomic E-state index is 0.0266. The molecule has 1 aliphatic heterocycles. The summed E-state index contributed by atoms with van der Waals surface area (Å²) in [7, 11) is 0. The first-order valence-corrected chi connectivity index (χ1v) is 9.32. The summed E-state index contributed by atoms with van der Waals surface area (Å²) in [4.78, 5) is 37.0.